The summed E-state index contributed by atoms with van der Waals surface area (Å²) >= 11 is 11.7. The molecule has 0 saturated heterocycles. The zero-order valence-corrected chi connectivity index (χ0v) is 14.2. The van der Waals surface area contributed by atoms with Crippen molar-refractivity contribution in [2.45, 2.75) is 13.0 Å². The van der Waals surface area contributed by atoms with Crippen molar-refractivity contribution in [3.05, 3.63) is 68.2 Å². The number of nitrogens with zero attached hydrogens (tertiary/aromatic N) is 1. The Balaban J connectivity index is 1.91. The quantitative estimate of drug-likeness (QED) is 0.612. The third-order valence-corrected chi connectivity index (χ3v) is 3.78. The molecule has 0 fully saturated rings. The fraction of sp³-hybridized carbons (Fsp3) is 0.188. The van der Waals surface area contributed by atoms with E-state index in [-0.39, 0.29) is 35.0 Å². The third kappa shape index (κ3) is 4.84. The first-order chi connectivity index (χ1) is 11.4. The molecule has 24 heavy (non-hydrogen) atoms. The lowest BCUT2D eigenvalue weighted by molar-refractivity contribution is -0.384. The van der Waals surface area contributed by atoms with E-state index < -0.39 is 4.92 Å². The largest absolute Gasteiger partial charge is 0.482 e. The number of halogens is 2. The van der Waals surface area contributed by atoms with Crippen molar-refractivity contribution >= 4 is 34.8 Å². The van der Waals surface area contributed by atoms with E-state index in [9.17, 15) is 14.9 Å². The summed E-state index contributed by atoms with van der Waals surface area (Å²) in [5, 5.41) is 14.1. The molecule has 1 amide bonds. The van der Waals surface area contributed by atoms with E-state index in [1.54, 1.807) is 12.1 Å². The van der Waals surface area contributed by atoms with Crippen molar-refractivity contribution in [2.24, 2.45) is 0 Å². The fourth-order valence-corrected chi connectivity index (χ4v) is 2.34. The standard InChI is InChI=1S/C16H14Cl2N2O4/c1-10(11-2-4-12(17)5-3-11)19-16(21)9-24-15-7-6-13(20(22)23)8-14(15)18/h2-8,10H,9H2,1H3,(H,19,21)/t10-/m1/s1. The Morgan fingerprint density at radius 3 is 2.50 bits per heavy atom. The molecule has 0 radical (unpaired) electrons. The van der Waals surface area contributed by atoms with Gasteiger partial charge in [-0.05, 0) is 30.7 Å². The second-order valence-corrected chi connectivity index (χ2v) is 5.84. The number of hydrogen-bond acceptors (Lipinski definition) is 4. The second kappa shape index (κ2) is 7.99. The van der Waals surface area contributed by atoms with Crippen molar-refractivity contribution in [1.29, 1.82) is 0 Å². The summed E-state index contributed by atoms with van der Waals surface area (Å²) in [6, 6.07) is 10.7. The maximum Gasteiger partial charge on any atom is 0.271 e. The van der Waals surface area contributed by atoms with Gasteiger partial charge in [0.15, 0.2) is 6.61 Å². The number of nitrogens with one attached hydrogen (secondary N) is 1. The lowest BCUT2D eigenvalue weighted by Crippen LogP contribution is -2.31. The molecule has 0 aliphatic carbocycles. The van der Waals surface area contributed by atoms with Gasteiger partial charge in [0, 0.05) is 17.2 Å². The summed E-state index contributed by atoms with van der Waals surface area (Å²) in [5.74, 6) is -0.136. The number of nitro benzene ring substituents is 1. The van der Waals surface area contributed by atoms with Crippen LogP contribution in [0.25, 0.3) is 0 Å². The van der Waals surface area contributed by atoms with Crippen LogP contribution in [0.2, 0.25) is 10.0 Å². The van der Waals surface area contributed by atoms with Crippen LogP contribution in [0.3, 0.4) is 0 Å². The molecule has 2 aromatic carbocycles. The van der Waals surface area contributed by atoms with Crippen LogP contribution in [0.5, 0.6) is 5.75 Å². The number of rotatable bonds is 6. The molecular weight excluding hydrogens is 355 g/mol. The molecule has 0 bridgehead atoms. The Kier molecular flexibility index (Phi) is 6.00. The van der Waals surface area contributed by atoms with Gasteiger partial charge in [0.25, 0.3) is 11.6 Å². The van der Waals surface area contributed by atoms with Gasteiger partial charge in [-0.1, -0.05) is 35.3 Å². The number of non-ortho nitro benzene ring substituents is 1. The minimum absolute atomic E-state index is 0.0720. The first-order valence-corrected chi connectivity index (χ1v) is 7.74. The highest BCUT2D eigenvalue weighted by Gasteiger charge is 2.13. The Bertz CT molecular complexity index is 750. The Morgan fingerprint density at radius 1 is 1.25 bits per heavy atom. The zero-order valence-electron chi connectivity index (χ0n) is 12.7. The molecule has 0 aromatic heterocycles. The summed E-state index contributed by atoms with van der Waals surface area (Å²) < 4.78 is 5.30. The normalized spacial score (nSPS) is 11.6. The van der Waals surface area contributed by atoms with E-state index in [1.807, 2.05) is 19.1 Å². The molecule has 0 spiro atoms. The maximum absolute atomic E-state index is 11.9. The van der Waals surface area contributed by atoms with Gasteiger partial charge in [-0.3, -0.25) is 14.9 Å². The van der Waals surface area contributed by atoms with Crippen LogP contribution in [0.4, 0.5) is 5.69 Å². The summed E-state index contributed by atoms with van der Waals surface area (Å²) in [4.78, 5) is 22.0. The molecule has 1 atom stereocenters. The van der Waals surface area contributed by atoms with Crippen molar-refractivity contribution < 1.29 is 14.5 Å². The van der Waals surface area contributed by atoms with Gasteiger partial charge in [0.1, 0.15) is 5.75 Å². The predicted octanol–water partition coefficient (Wildman–Crippen LogP) is 4.16. The van der Waals surface area contributed by atoms with Crippen LogP contribution in [0.1, 0.15) is 18.5 Å². The molecule has 0 aliphatic rings. The topological polar surface area (TPSA) is 81.5 Å². The molecule has 0 heterocycles. The van der Waals surface area contributed by atoms with E-state index in [4.69, 9.17) is 27.9 Å². The number of ether oxygens (including phenoxy) is 1. The highest BCUT2D eigenvalue weighted by Crippen LogP contribution is 2.28. The van der Waals surface area contributed by atoms with Gasteiger partial charge in [-0.2, -0.15) is 0 Å². The van der Waals surface area contributed by atoms with Crippen LogP contribution in [0.15, 0.2) is 42.5 Å². The van der Waals surface area contributed by atoms with E-state index in [0.717, 1.165) is 5.56 Å². The molecule has 0 aliphatic heterocycles. The lowest BCUT2D eigenvalue weighted by atomic mass is 10.1. The number of carbonyl (C=O) groups excluding carboxylic acids is 1. The summed E-state index contributed by atoms with van der Waals surface area (Å²) in [7, 11) is 0. The molecule has 6 nitrogen and oxygen atoms in total. The average Bonchev–Trinajstić information content (AvgIpc) is 2.54. The van der Waals surface area contributed by atoms with E-state index in [2.05, 4.69) is 5.32 Å². The molecule has 0 saturated carbocycles. The maximum atomic E-state index is 11.9. The molecular formula is C16H14Cl2N2O4. The highest BCUT2D eigenvalue weighted by molar-refractivity contribution is 6.32. The van der Waals surface area contributed by atoms with Gasteiger partial charge in [-0.15, -0.1) is 0 Å². The summed E-state index contributed by atoms with van der Waals surface area (Å²) in [6.07, 6.45) is 0. The van der Waals surface area contributed by atoms with Crippen LogP contribution >= 0.6 is 23.2 Å². The van der Waals surface area contributed by atoms with Crippen LogP contribution in [0, 0.1) is 10.1 Å². The lowest BCUT2D eigenvalue weighted by Gasteiger charge is -2.15. The van der Waals surface area contributed by atoms with Gasteiger partial charge in [0.05, 0.1) is 16.0 Å². The van der Waals surface area contributed by atoms with Gasteiger partial charge in [0.2, 0.25) is 0 Å². The Hall–Kier alpha value is -2.31. The Labute approximate surface area is 148 Å². The Morgan fingerprint density at radius 2 is 1.92 bits per heavy atom. The predicted molar refractivity (Wildman–Crippen MR) is 91.6 cm³/mol. The number of amides is 1. The molecule has 126 valence electrons. The number of hydrogen-bond donors (Lipinski definition) is 1. The van der Waals surface area contributed by atoms with Gasteiger partial charge >= 0.3 is 0 Å². The third-order valence-electron chi connectivity index (χ3n) is 3.23. The molecule has 1 N–H and O–H groups in total. The summed E-state index contributed by atoms with van der Waals surface area (Å²) in [6.45, 7) is 1.58. The molecule has 2 rings (SSSR count). The van der Waals surface area contributed by atoms with Gasteiger partial charge < -0.3 is 10.1 Å². The average molecular weight is 369 g/mol. The second-order valence-electron chi connectivity index (χ2n) is 5.00. The minimum atomic E-state index is -0.559. The molecule has 0 unspecified atom stereocenters. The molecule has 2 aromatic rings. The van der Waals surface area contributed by atoms with E-state index in [0.29, 0.717) is 5.02 Å². The van der Waals surface area contributed by atoms with Crippen molar-refractivity contribution in [1.82, 2.24) is 5.32 Å². The number of nitro groups is 1. The molecule has 8 heteroatoms. The number of benzene rings is 2. The van der Waals surface area contributed by atoms with Crippen molar-refractivity contribution in [3.63, 3.8) is 0 Å². The van der Waals surface area contributed by atoms with E-state index in [1.165, 1.54) is 18.2 Å². The van der Waals surface area contributed by atoms with Crippen LogP contribution in [-0.2, 0) is 4.79 Å². The van der Waals surface area contributed by atoms with Gasteiger partial charge in [-0.25, -0.2) is 0 Å². The minimum Gasteiger partial charge on any atom is -0.482 e. The van der Waals surface area contributed by atoms with E-state index >= 15 is 0 Å². The van der Waals surface area contributed by atoms with Crippen LogP contribution < -0.4 is 10.1 Å². The fourth-order valence-electron chi connectivity index (χ4n) is 1.98. The van der Waals surface area contributed by atoms with Crippen molar-refractivity contribution in [3.8, 4) is 5.75 Å². The monoisotopic (exact) mass is 368 g/mol. The zero-order chi connectivity index (χ0) is 17.7. The summed E-state index contributed by atoms with van der Waals surface area (Å²) in [5.41, 5.74) is 0.759. The smallest absolute Gasteiger partial charge is 0.271 e. The first-order valence-electron chi connectivity index (χ1n) is 6.98. The highest BCUT2D eigenvalue weighted by atomic mass is 35.5. The van der Waals surface area contributed by atoms with Crippen molar-refractivity contribution in [2.75, 3.05) is 6.61 Å². The number of carbonyl (C=O) groups is 1. The SMILES string of the molecule is C[C@@H](NC(=O)COc1ccc([N+](=O)[O-])cc1Cl)c1ccc(Cl)cc1. The van der Waals surface area contributed by atoms with Crippen LogP contribution in [-0.4, -0.2) is 17.4 Å². The first kappa shape index (κ1) is 18.0.